The molecule has 1 fully saturated rings. The Morgan fingerprint density at radius 2 is 1.94 bits per heavy atom. The van der Waals surface area contributed by atoms with Gasteiger partial charge in [-0.3, -0.25) is 4.79 Å². The monoisotopic (exact) mass is 453 g/mol. The van der Waals surface area contributed by atoms with E-state index in [0.717, 1.165) is 70.6 Å². The van der Waals surface area contributed by atoms with E-state index < -0.39 is 0 Å². The van der Waals surface area contributed by atoms with Crippen molar-refractivity contribution in [3.05, 3.63) is 66.6 Å². The second kappa shape index (κ2) is 8.57. The molecule has 4 aromatic rings. The third-order valence-electron chi connectivity index (χ3n) is 7.16. The summed E-state index contributed by atoms with van der Waals surface area (Å²) in [5.41, 5.74) is 5.77. The third-order valence-corrected chi connectivity index (χ3v) is 7.16. The maximum atomic E-state index is 13.9. The van der Waals surface area contributed by atoms with Crippen LogP contribution in [0.4, 0.5) is 17.2 Å². The third kappa shape index (κ3) is 3.62. The van der Waals surface area contributed by atoms with Crippen LogP contribution in [-0.4, -0.2) is 34.1 Å². The summed E-state index contributed by atoms with van der Waals surface area (Å²) in [4.78, 5) is 28.0. The first-order chi connectivity index (χ1) is 16.7. The summed E-state index contributed by atoms with van der Waals surface area (Å²) < 4.78 is 5.53. The number of nitrogens with one attached hydrogen (secondary N) is 2. The van der Waals surface area contributed by atoms with Crippen molar-refractivity contribution in [2.75, 3.05) is 17.3 Å². The zero-order valence-electron chi connectivity index (χ0n) is 19.1. The lowest BCUT2D eigenvalue weighted by atomic mass is 9.86. The highest BCUT2D eigenvalue weighted by Gasteiger charge is 2.33. The van der Waals surface area contributed by atoms with Crippen molar-refractivity contribution in [1.82, 2.24) is 15.0 Å². The molecule has 1 aliphatic carbocycles. The Bertz CT molecular complexity index is 1360. The number of hydrogen-bond acceptors (Lipinski definition) is 5. The number of anilines is 3. The predicted octanol–water partition coefficient (Wildman–Crippen LogP) is 5.42. The summed E-state index contributed by atoms with van der Waals surface area (Å²) in [5, 5.41) is 4.53. The van der Waals surface area contributed by atoms with Crippen molar-refractivity contribution < 1.29 is 9.53 Å². The molecule has 172 valence electrons. The number of aromatic amines is 1. The van der Waals surface area contributed by atoms with Crippen molar-refractivity contribution in [3.63, 3.8) is 0 Å². The van der Waals surface area contributed by atoms with Gasteiger partial charge in [-0.05, 0) is 67.1 Å². The van der Waals surface area contributed by atoms with E-state index in [1.54, 1.807) is 13.3 Å². The first-order valence-corrected chi connectivity index (χ1v) is 11.8. The van der Waals surface area contributed by atoms with Gasteiger partial charge in [-0.2, -0.15) is 0 Å². The molecule has 7 nitrogen and oxygen atoms in total. The Hall–Kier alpha value is -3.71. The lowest BCUT2D eigenvalue weighted by Crippen LogP contribution is -2.38. The van der Waals surface area contributed by atoms with Crippen LogP contribution in [0.25, 0.3) is 22.2 Å². The molecule has 1 saturated carbocycles. The molecule has 1 amide bonds. The van der Waals surface area contributed by atoms with Gasteiger partial charge in [-0.25, -0.2) is 9.97 Å². The number of carbonyl (C=O) groups is 1. The molecular formula is C27H27N5O2. The number of aromatic nitrogens is 3. The Morgan fingerprint density at radius 3 is 2.79 bits per heavy atom. The molecule has 7 heteroatoms. The van der Waals surface area contributed by atoms with Crippen molar-refractivity contribution in [2.24, 2.45) is 5.92 Å². The molecule has 6 rings (SSSR count). The second-order valence-corrected chi connectivity index (χ2v) is 9.10. The molecule has 1 aliphatic heterocycles. The Morgan fingerprint density at radius 1 is 1.06 bits per heavy atom. The largest absolute Gasteiger partial charge is 0.381 e. The summed E-state index contributed by atoms with van der Waals surface area (Å²) in [6.07, 6.45) is 9.31. The highest BCUT2D eigenvalue weighted by atomic mass is 16.5. The van der Waals surface area contributed by atoms with E-state index in [2.05, 4.69) is 38.5 Å². The molecule has 0 radical (unpaired) electrons. The van der Waals surface area contributed by atoms with Crippen LogP contribution in [0.2, 0.25) is 0 Å². The first-order valence-electron chi connectivity index (χ1n) is 11.8. The van der Waals surface area contributed by atoms with Crippen LogP contribution >= 0.6 is 0 Å². The topological polar surface area (TPSA) is 83.1 Å². The maximum Gasteiger partial charge on any atom is 0.230 e. The molecule has 0 bridgehead atoms. The Balaban J connectivity index is 1.43. The van der Waals surface area contributed by atoms with Gasteiger partial charge < -0.3 is 19.9 Å². The van der Waals surface area contributed by atoms with Crippen molar-refractivity contribution in [3.8, 4) is 11.1 Å². The molecule has 0 atom stereocenters. The summed E-state index contributed by atoms with van der Waals surface area (Å²) in [7, 11) is 1.76. The van der Waals surface area contributed by atoms with E-state index in [0.29, 0.717) is 6.54 Å². The highest BCUT2D eigenvalue weighted by molar-refractivity contribution is 6.02. The average Bonchev–Trinajstić information content (AvgIpc) is 3.31. The van der Waals surface area contributed by atoms with E-state index in [1.165, 1.54) is 0 Å². The molecule has 1 aromatic carbocycles. The number of rotatable bonds is 3. The molecule has 4 heterocycles. The van der Waals surface area contributed by atoms with Crippen LogP contribution in [0.5, 0.6) is 0 Å². The number of hydrogen-bond donors (Lipinski definition) is 2. The minimum atomic E-state index is -0.00145. The molecule has 0 spiro atoms. The lowest BCUT2D eigenvalue weighted by Gasteiger charge is -2.32. The lowest BCUT2D eigenvalue weighted by molar-refractivity contribution is -0.124. The fraction of sp³-hybridized carbons (Fsp3) is 0.296. The van der Waals surface area contributed by atoms with Crippen molar-refractivity contribution >= 4 is 34.1 Å². The molecule has 2 aliphatic rings. The number of carbonyl (C=O) groups excluding carboxylic acids is 1. The zero-order chi connectivity index (χ0) is 23.1. The van der Waals surface area contributed by atoms with Gasteiger partial charge in [0.15, 0.2) is 0 Å². The Kier molecular flexibility index (Phi) is 5.26. The molecule has 0 unspecified atom stereocenters. The standard InChI is InChI=1S/C27H27N5O2/c1-34-20-7-4-17(5-8-20)27(33)32-16-19-3-2-12-28-25(19)31-23-9-6-18(15-24(23)32)21-10-13-29-26-22(21)11-14-30-26/h2-3,6,9-15,17,20H,4-5,7-8,16H2,1H3,(H,28,31)(H,29,30)/t17-,20-. The van der Waals surface area contributed by atoms with Crippen LogP contribution in [0, 0.1) is 5.92 Å². The average molecular weight is 454 g/mol. The summed E-state index contributed by atoms with van der Waals surface area (Å²) >= 11 is 0. The van der Waals surface area contributed by atoms with Crippen molar-refractivity contribution in [2.45, 2.75) is 38.3 Å². The van der Waals surface area contributed by atoms with E-state index in [9.17, 15) is 4.79 Å². The van der Waals surface area contributed by atoms with Crippen LogP contribution in [-0.2, 0) is 16.1 Å². The number of H-pyrrole nitrogens is 1. The van der Waals surface area contributed by atoms with Gasteiger partial charge >= 0.3 is 0 Å². The first kappa shape index (κ1) is 20.9. The van der Waals surface area contributed by atoms with Gasteiger partial charge in [0, 0.05) is 42.6 Å². The molecular weight excluding hydrogens is 426 g/mol. The number of methoxy groups -OCH3 is 1. The van der Waals surface area contributed by atoms with E-state index in [-0.39, 0.29) is 17.9 Å². The van der Waals surface area contributed by atoms with Crippen molar-refractivity contribution in [1.29, 1.82) is 0 Å². The van der Waals surface area contributed by atoms with Crippen LogP contribution < -0.4 is 10.2 Å². The SMILES string of the molecule is CO[C@H]1CC[C@H](C(=O)N2Cc3cccnc3Nc3ccc(-c4ccnc5[nH]ccc45)cc32)CC1. The van der Waals surface area contributed by atoms with Gasteiger partial charge in [0.25, 0.3) is 0 Å². The predicted molar refractivity (Wildman–Crippen MR) is 133 cm³/mol. The summed E-state index contributed by atoms with van der Waals surface area (Å²) in [6, 6.07) is 14.3. The number of fused-ring (bicyclic) bond motifs is 3. The fourth-order valence-electron chi connectivity index (χ4n) is 5.27. The number of ether oxygens (including phenoxy) is 1. The van der Waals surface area contributed by atoms with Gasteiger partial charge in [-0.1, -0.05) is 12.1 Å². The van der Waals surface area contributed by atoms with Crippen LogP contribution in [0.15, 0.2) is 61.1 Å². The smallest absolute Gasteiger partial charge is 0.230 e. The normalized spacial score (nSPS) is 19.7. The Labute approximate surface area is 198 Å². The van der Waals surface area contributed by atoms with Crippen LogP contribution in [0.3, 0.4) is 0 Å². The number of nitrogens with zero attached hydrogens (tertiary/aromatic N) is 3. The molecule has 0 saturated heterocycles. The van der Waals surface area contributed by atoms with Gasteiger partial charge in [0.05, 0.1) is 24.0 Å². The molecule has 3 aromatic heterocycles. The molecule has 34 heavy (non-hydrogen) atoms. The summed E-state index contributed by atoms with van der Waals surface area (Å²) in [6.45, 7) is 0.492. The van der Waals surface area contributed by atoms with Gasteiger partial charge in [0.1, 0.15) is 11.5 Å². The number of amides is 1. The fourth-order valence-corrected chi connectivity index (χ4v) is 5.27. The van der Waals surface area contributed by atoms with Gasteiger partial charge in [-0.15, -0.1) is 0 Å². The van der Waals surface area contributed by atoms with Crippen LogP contribution in [0.1, 0.15) is 31.2 Å². The maximum absolute atomic E-state index is 13.9. The van der Waals surface area contributed by atoms with E-state index in [4.69, 9.17) is 4.74 Å². The minimum absolute atomic E-state index is 0.00145. The van der Waals surface area contributed by atoms with Gasteiger partial charge in [0.2, 0.25) is 5.91 Å². The number of pyridine rings is 2. The quantitative estimate of drug-likeness (QED) is 0.433. The highest BCUT2D eigenvalue weighted by Crippen LogP contribution is 2.40. The number of benzene rings is 1. The van der Waals surface area contributed by atoms with E-state index in [1.807, 2.05) is 41.6 Å². The zero-order valence-corrected chi connectivity index (χ0v) is 19.1. The van der Waals surface area contributed by atoms with E-state index >= 15 is 0 Å². The second-order valence-electron chi connectivity index (χ2n) is 9.10. The minimum Gasteiger partial charge on any atom is -0.381 e. The summed E-state index contributed by atoms with van der Waals surface area (Å²) in [5.74, 6) is 0.971. The molecule has 2 N–H and O–H groups in total.